The Balaban J connectivity index is 2.15. The summed E-state index contributed by atoms with van der Waals surface area (Å²) >= 11 is 5.93. The van der Waals surface area contributed by atoms with Gasteiger partial charge in [-0.05, 0) is 42.8 Å². The maximum atomic E-state index is 12.7. The minimum atomic E-state index is -0.326. The first kappa shape index (κ1) is 21.7. The minimum Gasteiger partial charge on any atom is -0.351 e. The molecule has 0 radical (unpaired) electrons. The molecule has 0 saturated heterocycles. The number of rotatable bonds is 8. The Kier molecular flexibility index (Phi) is 8.23. The second-order valence-electron chi connectivity index (χ2n) is 7.00. The monoisotopic (exact) mass is 400 g/mol. The van der Waals surface area contributed by atoms with Crippen LogP contribution in [-0.4, -0.2) is 39.0 Å². The van der Waals surface area contributed by atoms with Crippen LogP contribution in [0.25, 0.3) is 6.08 Å². The molecule has 3 N–H and O–H groups in total. The Hall–Kier alpha value is -2.63. The van der Waals surface area contributed by atoms with E-state index in [-0.39, 0.29) is 17.5 Å². The van der Waals surface area contributed by atoms with Gasteiger partial charge < -0.3 is 15.5 Å². The molecule has 2 aromatic rings. The van der Waals surface area contributed by atoms with Crippen molar-refractivity contribution in [3.05, 3.63) is 75.9 Å². The van der Waals surface area contributed by atoms with Gasteiger partial charge in [-0.2, -0.15) is 0 Å². The van der Waals surface area contributed by atoms with Crippen LogP contribution < -0.4 is 15.5 Å². The van der Waals surface area contributed by atoms with Crippen molar-refractivity contribution in [3.8, 4) is 0 Å². The number of aryl methyl sites for hydroxylation is 1. The van der Waals surface area contributed by atoms with Crippen LogP contribution in [0.1, 0.15) is 27.9 Å². The Morgan fingerprint density at radius 3 is 2.29 bits per heavy atom. The fourth-order valence-corrected chi connectivity index (χ4v) is 2.65. The highest BCUT2D eigenvalue weighted by Gasteiger charge is 2.14. The van der Waals surface area contributed by atoms with Crippen molar-refractivity contribution in [1.29, 1.82) is 0 Å². The van der Waals surface area contributed by atoms with Gasteiger partial charge in [0.15, 0.2) is 0 Å². The van der Waals surface area contributed by atoms with Crippen molar-refractivity contribution in [3.63, 3.8) is 0 Å². The van der Waals surface area contributed by atoms with Crippen molar-refractivity contribution in [2.75, 3.05) is 27.2 Å². The summed E-state index contributed by atoms with van der Waals surface area (Å²) in [5.41, 5.74) is 2.53. The van der Waals surface area contributed by atoms with Gasteiger partial charge >= 0.3 is 0 Å². The molecule has 0 bridgehead atoms. The summed E-state index contributed by atoms with van der Waals surface area (Å²) < 4.78 is 0. The van der Waals surface area contributed by atoms with E-state index in [0.717, 1.165) is 24.1 Å². The lowest BCUT2D eigenvalue weighted by Gasteiger charge is -2.12. The van der Waals surface area contributed by atoms with E-state index in [1.54, 1.807) is 42.5 Å². The SMILES string of the molecule is Cc1ccc(C(=O)N/C(=C/c2ccc(Cl)cc2)C(=O)NCCC[NH+](C)C)cc1. The minimum absolute atomic E-state index is 0.199. The number of carbonyl (C=O) groups is 2. The van der Waals surface area contributed by atoms with Crippen LogP contribution in [0.4, 0.5) is 0 Å². The molecule has 28 heavy (non-hydrogen) atoms. The Bertz CT molecular complexity index is 828. The van der Waals surface area contributed by atoms with Gasteiger partial charge in [-0.15, -0.1) is 0 Å². The Morgan fingerprint density at radius 1 is 1.04 bits per heavy atom. The van der Waals surface area contributed by atoms with E-state index in [0.29, 0.717) is 17.1 Å². The molecule has 0 spiro atoms. The van der Waals surface area contributed by atoms with Gasteiger partial charge in [0.25, 0.3) is 11.8 Å². The summed E-state index contributed by atoms with van der Waals surface area (Å²) in [5.74, 6) is -0.641. The average molecular weight is 401 g/mol. The summed E-state index contributed by atoms with van der Waals surface area (Å²) in [6.07, 6.45) is 2.50. The first-order valence-corrected chi connectivity index (χ1v) is 9.65. The van der Waals surface area contributed by atoms with E-state index < -0.39 is 0 Å². The van der Waals surface area contributed by atoms with Gasteiger partial charge in [-0.25, -0.2) is 0 Å². The summed E-state index contributed by atoms with van der Waals surface area (Å²) in [6, 6.07) is 14.3. The number of quaternary nitrogens is 1. The van der Waals surface area contributed by atoms with Crippen molar-refractivity contribution < 1.29 is 14.5 Å². The predicted octanol–water partition coefficient (Wildman–Crippen LogP) is 2.07. The molecule has 0 aromatic heterocycles. The third-order valence-electron chi connectivity index (χ3n) is 4.13. The maximum Gasteiger partial charge on any atom is 0.267 e. The highest BCUT2D eigenvalue weighted by molar-refractivity contribution is 6.30. The lowest BCUT2D eigenvalue weighted by molar-refractivity contribution is -0.858. The molecule has 6 heteroatoms. The van der Waals surface area contributed by atoms with E-state index in [9.17, 15) is 9.59 Å². The number of amides is 2. The fraction of sp³-hybridized carbons (Fsp3) is 0.273. The van der Waals surface area contributed by atoms with Crippen LogP contribution in [0.5, 0.6) is 0 Å². The fourth-order valence-electron chi connectivity index (χ4n) is 2.52. The van der Waals surface area contributed by atoms with Gasteiger partial charge in [0.1, 0.15) is 5.70 Å². The molecule has 0 aliphatic rings. The standard InChI is InChI=1S/C22H26ClN3O2/c1-16-5-9-18(10-6-16)21(27)25-20(15-17-7-11-19(23)12-8-17)22(28)24-13-4-14-26(2)3/h5-12,15H,4,13-14H2,1-3H3,(H,24,28)(H,25,27)/p+1/b20-15+. The number of nitrogens with one attached hydrogen (secondary N) is 3. The van der Waals surface area contributed by atoms with E-state index >= 15 is 0 Å². The summed E-state index contributed by atoms with van der Waals surface area (Å²) in [4.78, 5) is 26.5. The molecule has 5 nitrogen and oxygen atoms in total. The van der Waals surface area contributed by atoms with Crippen molar-refractivity contribution in [2.45, 2.75) is 13.3 Å². The van der Waals surface area contributed by atoms with E-state index in [2.05, 4.69) is 24.7 Å². The number of hydrogen-bond donors (Lipinski definition) is 3. The van der Waals surface area contributed by atoms with Crippen LogP contribution in [0.15, 0.2) is 54.2 Å². The van der Waals surface area contributed by atoms with Gasteiger partial charge in [-0.3, -0.25) is 9.59 Å². The third kappa shape index (κ3) is 7.18. The average Bonchev–Trinajstić information content (AvgIpc) is 2.66. The lowest BCUT2D eigenvalue weighted by Crippen LogP contribution is -3.05. The smallest absolute Gasteiger partial charge is 0.267 e. The van der Waals surface area contributed by atoms with Crippen molar-refractivity contribution in [1.82, 2.24) is 10.6 Å². The third-order valence-corrected chi connectivity index (χ3v) is 4.38. The summed E-state index contributed by atoms with van der Waals surface area (Å²) in [7, 11) is 4.13. The number of carbonyl (C=O) groups excluding carboxylic acids is 2. The topological polar surface area (TPSA) is 62.6 Å². The molecule has 2 aromatic carbocycles. The Morgan fingerprint density at radius 2 is 1.68 bits per heavy atom. The van der Waals surface area contributed by atoms with E-state index in [1.807, 2.05) is 19.1 Å². The van der Waals surface area contributed by atoms with E-state index in [4.69, 9.17) is 11.6 Å². The maximum absolute atomic E-state index is 12.7. The van der Waals surface area contributed by atoms with Crippen LogP contribution in [0.2, 0.25) is 5.02 Å². The van der Waals surface area contributed by atoms with Gasteiger partial charge in [0.2, 0.25) is 0 Å². The van der Waals surface area contributed by atoms with Gasteiger partial charge in [0, 0.05) is 23.6 Å². The highest BCUT2D eigenvalue weighted by Crippen LogP contribution is 2.12. The van der Waals surface area contributed by atoms with Crippen LogP contribution in [0.3, 0.4) is 0 Å². The Labute approximate surface area is 171 Å². The van der Waals surface area contributed by atoms with Gasteiger partial charge in [0.05, 0.1) is 20.6 Å². The van der Waals surface area contributed by atoms with Crippen LogP contribution >= 0.6 is 11.6 Å². The van der Waals surface area contributed by atoms with E-state index in [1.165, 1.54) is 4.90 Å². The van der Waals surface area contributed by atoms with Crippen LogP contribution in [0, 0.1) is 6.92 Å². The first-order valence-electron chi connectivity index (χ1n) is 9.27. The molecule has 2 rings (SSSR count). The quantitative estimate of drug-likeness (QED) is 0.469. The second-order valence-corrected chi connectivity index (χ2v) is 7.43. The summed E-state index contributed by atoms with van der Waals surface area (Å²) in [5, 5.41) is 6.22. The largest absolute Gasteiger partial charge is 0.351 e. The normalized spacial score (nSPS) is 11.4. The lowest BCUT2D eigenvalue weighted by atomic mass is 10.1. The second kappa shape index (κ2) is 10.6. The first-order chi connectivity index (χ1) is 13.3. The zero-order valence-electron chi connectivity index (χ0n) is 16.5. The number of benzene rings is 2. The molecule has 0 unspecified atom stereocenters. The molecule has 0 heterocycles. The molecule has 0 saturated carbocycles. The van der Waals surface area contributed by atoms with Crippen molar-refractivity contribution in [2.24, 2.45) is 0 Å². The zero-order chi connectivity index (χ0) is 20.5. The number of hydrogen-bond acceptors (Lipinski definition) is 2. The predicted molar refractivity (Wildman–Crippen MR) is 113 cm³/mol. The molecular weight excluding hydrogens is 374 g/mol. The molecule has 0 atom stereocenters. The molecule has 148 valence electrons. The molecule has 0 aliphatic heterocycles. The molecule has 2 amide bonds. The zero-order valence-corrected chi connectivity index (χ0v) is 17.3. The molecule has 0 fully saturated rings. The van der Waals surface area contributed by atoms with Crippen molar-refractivity contribution >= 4 is 29.5 Å². The summed E-state index contributed by atoms with van der Waals surface area (Å²) in [6.45, 7) is 3.45. The number of halogens is 1. The van der Waals surface area contributed by atoms with Crippen LogP contribution in [-0.2, 0) is 4.79 Å². The van der Waals surface area contributed by atoms with Gasteiger partial charge in [-0.1, -0.05) is 41.4 Å². The highest BCUT2D eigenvalue weighted by atomic mass is 35.5. The molecule has 0 aliphatic carbocycles. The molecular formula is C22H27ClN3O2+.